The van der Waals surface area contributed by atoms with E-state index in [4.69, 9.17) is 0 Å². The summed E-state index contributed by atoms with van der Waals surface area (Å²) in [6, 6.07) is 2.59. The van der Waals surface area contributed by atoms with Gasteiger partial charge in [-0.25, -0.2) is 4.98 Å². The molecule has 1 heterocycles. The fraction of sp³-hybridized carbons (Fsp3) is 0.615. The predicted molar refractivity (Wildman–Crippen MR) is 79.2 cm³/mol. The summed E-state index contributed by atoms with van der Waals surface area (Å²) in [5.41, 5.74) is 0. The molecule has 0 radical (unpaired) electrons. The van der Waals surface area contributed by atoms with Crippen LogP contribution in [0.3, 0.4) is 0 Å². The third-order valence-corrected chi connectivity index (χ3v) is 4.78. The molecule has 0 spiro atoms. The minimum absolute atomic E-state index is 0.561. The average Bonchev–Trinajstić information content (AvgIpc) is 2.27. The van der Waals surface area contributed by atoms with Crippen LogP contribution in [0.1, 0.15) is 33.1 Å². The Hall–Kier alpha value is -0.0900. The average molecular weight is 362 g/mol. The first-order valence-electron chi connectivity index (χ1n) is 6.14. The fourth-order valence-corrected chi connectivity index (χ4v) is 3.49. The highest BCUT2D eigenvalue weighted by Gasteiger charge is 2.24. The molecule has 1 aliphatic carbocycles. The largest absolute Gasteiger partial charge is 0.366 e. The molecule has 1 aromatic heterocycles. The summed E-state index contributed by atoms with van der Waals surface area (Å²) in [6.07, 6.45) is 5.63. The zero-order chi connectivity index (χ0) is 12.4. The Morgan fingerprint density at radius 3 is 2.65 bits per heavy atom. The second-order valence-electron chi connectivity index (χ2n) is 5.09. The smallest absolute Gasteiger partial charge is 0.140 e. The van der Waals surface area contributed by atoms with Crippen molar-refractivity contribution in [1.82, 2.24) is 4.98 Å². The first-order valence-corrected chi connectivity index (χ1v) is 7.72. The molecule has 3 atom stereocenters. The van der Waals surface area contributed by atoms with Gasteiger partial charge in [0.2, 0.25) is 0 Å². The zero-order valence-corrected chi connectivity index (χ0v) is 13.4. The van der Waals surface area contributed by atoms with Crippen molar-refractivity contribution >= 4 is 37.7 Å². The molecule has 1 aromatic rings. The maximum atomic E-state index is 4.41. The molecule has 0 amide bonds. The van der Waals surface area contributed by atoms with Crippen LogP contribution in [-0.2, 0) is 0 Å². The molecule has 3 unspecified atom stereocenters. The van der Waals surface area contributed by atoms with E-state index in [1.807, 2.05) is 12.3 Å². The van der Waals surface area contributed by atoms with Crippen molar-refractivity contribution in [1.29, 1.82) is 0 Å². The van der Waals surface area contributed by atoms with Gasteiger partial charge >= 0.3 is 0 Å². The second-order valence-corrected chi connectivity index (χ2v) is 6.86. The van der Waals surface area contributed by atoms with Crippen LogP contribution in [-0.4, -0.2) is 11.0 Å². The van der Waals surface area contributed by atoms with Crippen molar-refractivity contribution in [3.8, 4) is 0 Å². The monoisotopic (exact) mass is 360 g/mol. The summed E-state index contributed by atoms with van der Waals surface area (Å²) in [5.74, 6) is 2.62. The van der Waals surface area contributed by atoms with Gasteiger partial charge in [-0.05, 0) is 69.0 Å². The molecule has 1 aliphatic rings. The van der Waals surface area contributed by atoms with Crippen LogP contribution in [0.5, 0.6) is 0 Å². The van der Waals surface area contributed by atoms with E-state index in [2.05, 4.69) is 56.0 Å². The molecule has 1 fully saturated rings. The van der Waals surface area contributed by atoms with Crippen molar-refractivity contribution in [3.05, 3.63) is 21.2 Å². The van der Waals surface area contributed by atoms with Crippen molar-refractivity contribution in [2.45, 2.75) is 39.2 Å². The first kappa shape index (κ1) is 13.3. The SMILES string of the molecule is CC1CCC(Nc2ncc(Br)cc2Br)CC1C. The quantitative estimate of drug-likeness (QED) is 0.814. The number of nitrogens with zero attached hydrogens (tertiary/aromatic N) is 1. The van der Waals surface area contributed by atoms with Gasteiger partial charge in [-0.2, -0.15) is 0 Å². The van der Waals surface area contributed by atoms with E-state index in [1.165, 1.54) is 19.3 Å². The van der Waals surface area contributed by atoms with Gasteiger partial charge in [0.25, 0.3) is 0 Å². The first-order chi connectivity index (χ1) is 8.06. The molecule has 0 bridgehead atoms. The van der Waals surface area contributed by atoms with Crippen molar-refractivity contribution in [2.75, 3.05) is 5.32 Å². The third kappa shape index (κ3) is 3.44. The van der Waals surface area contributed by atoms with E-state index in [9.17, 15) is 0 Å². The third-order valence-electron chi connectivity index (χ3n) is 3.75. The van der Waals surface area contributed by atoms with Gasteiger partial charge in [0, 0.05) is 16.7 Å². The van der Waals surface area contributed by atoms with E-state index in [-0.39, 0.29) is 0 Å². The minimum Gasteiger partial charge on any atom is -0.366 e. The topological polar surface area (TPSA) is 24.9 Å². The molecule has 4 heteroatoms. The van der Waals surface area contributed by atoms with E-state index in [1.54, 1.807) is 0 Å². The Labute approximate surface area is 120 Å². The van der Waals surface area contributed by atoms with Crippen molar-refractivity contribution < 1.29 is 0 Å². The Balaban J connectivity index is 2.01. The molecular formula is C13H18Br2N2. The van der Waals surface area contributed by atoms with Gasteiger partial charge in [0.05, 0.1) is 4.47 Å². The number of halogens is 2. The lowest BCUT2D eigenvalue weighted by atomic mass is 9.79. The summed E-state index contributed by atoms with van der Waals surface area (Å²) >= 11 is 6.96. The van der Waals surface area contributed by atoms with Crippen LogP contribution in [0.4, 0.5) is 5.82 Å². The standard InChI is InChI=1S/C13H18Br2N2/c1-8-3-4-11(5-9(8)2)17-13-12(15)6-10(14)7-16-13/h6-9,11H,3-5H2,1-2H3,(H,16,17). The van der Waals surface area contributed by atoms with E-state index < -0.39 is 0 Å². The highest BCUT2D eigenvalue weighted by molar-refractivity contribution is 9.11. The molecule has 0 aromatic carbocycles. The van der Waals surface area contributed by atoms with Gasteiger partial charge in [-0.15, -0.1) is 0 Å². The van der Waals surface area contributed by atoms with Gasteiger partial charge in [0.1, 0.15) is 5.82 Å². The number of rotatable bonds is 2. The van der Waals surface area contributed by atoms with E-state index in [0.717, 1.165) is 26.6 Å². The minimum atomic E-state index is 0.561. The molecule has 2 nitrogen and oxygen atoms in total. The lowest BCUT2D eigenvalue weighted by Crippen LogP contribution is -2.30. The lowest BCUT2D eigenvalue weighted by molar-refractivity contribution is 0.260. The number of hydrogen-bond donors (Lipinski definition) is 1. The summed E-state index contributed by atoms with van der Waals surface area (Å²) in [5, 5.41) is 3.55. The van der Waals surface area contributed by atoms with Crippen molar-refractivity contribution in [2.24, 2.45) is 11.8 Å². The van der Waals surface area contributed by atoms with E-state index >= 15 is 0 Å². The molecule has 2 rings (SSSR count). The number of pyridine rings is 1. The molecule has 0 aliphatic heterocycles. The van der Waals surface area contributed by atoms with Crippen molar-refractivity contribution in [3.63, 3.8) is 0 Å². The molecule has 94 valence electrons. The number of hydrogen-bond acceptors (Lipinski definition) is 2. The fourth-order valence-electron chi connectivity index (χ4n) is 2.39. The molecular weight excluding hydrogens is 344 g/mol. The Bertz CT molecular complexity index is 395. The van der Waals surface area contributed by atoms with Crippen LogP contribution in [0.15, 0.2) is 21.2 Å². The Morgan fingerprint density at radius 2 is 2.00 bits per heavy atom. The van der Waals surface area contributed by atoms with Crippen LogP contribution in [0.25, 0.3) is 0 Å². The van der Waals surface area contributed by atoms with Crippen LogP contribution in [0.2, 0.25) is 0 Å². The highest BCUT2D eigenvalue weighted by atomic mass is 79.9. The van der Waals surface area contributed by atoms with Gasteiger partial charge in [-0.1, -0.05) is 13.8 Å². The van der Waals surface area contributed by atoms with Crippen LogP contribution >= 0.6 is 31.9 Å². The number of aromatic nitrogens is 1. The molecule has 17 heavy (non-hydrogen) atoms. The molecule has 0 saturated heterocycles. The highest BCUT2D eigenvalue weighted by Crippen LogP contribution is 2.32. The molecule has 1 N–H and O–H groups in total. The summed E-state index contributed by atoms with van der Waals surface area (Å²) < 4.78 is 2.03. The van der Waals surface area contributed by atoms with Gasteiger partial charge < -0.3 is 5.32 Å². The lowest BCUT2D eigenvalue weighted by Gasteiger charge is -2.33. The van der Waals surface area contributed by atoms with E-state index in [0.29, 0.717) is 6.04 Å². The van der Waals surface area contributed by atoms with Crippen LogP contribution in [0, 0.1) is 11.8 Å². The van der Waals surface area contributed by atoms with Crippen LogP contribution < -0.4 is 5.32 Å². The Morgan fingerprint density at radius 1 is 1.24 bits per heavy atom. The second kappa shape index (κ2) is 5.70. The zero-order valence-electron chi connectivity index (χ0n) is 10.2. The van der Waals surface area contributed by atoms with Gasteiger partial charge in [0.15, 0.2) is 0 Å². The summed E-state index contributed by atoms with van der Waals surface area (Å²) in [7, 11) is 0. The molecule has 1 saturated carbocycles. The number of nitrogens with one attached hydrogen (secondary N) is 1. The van der Waals surface area contributed by atoms with Gasteiger partial charge in [-0.3, -0.25) is 0 Å². The summed E-state index contributed by atoms with van der Waals surface area (Å²) in [6.45, 7) is 4.71. The number of anilines is 1. The maximum Gasteiger partial charge on any atom is 0.140 e. The summed E-state index contributed by atoms with van der Waals surface area (Å²) in [4.78, 5) is 4.41. The predicted octanol–water partition coefficient (Wildman–Crippen LogP) is 4.84. The maximum absolute atomic E-state index is 4.41. The Kier molecular flexibility index (Phi) is 4.47. The normalized spacial score (nSPS) is 29.1.